The number of nitrogens with zero attached hydrogens (tertiary/aromatic N) is 1. The number of hydrogen-bond donors (Lipinski definition) is 0. The van der Waals surface area contributed by atoms with E-state index in [1.165, 1.54) is 0 Å². The van der Waals surface area contributed by atoms with Gasteiger partial charge in [-0.15, -0.1) is 18.2 Å². The summed E-state index contributed by atoms with van der Waals surface area (Å²) in [6, 6.07) is 7.94. The number of carbonyl (C=O) groups excluding carboxylic acids is 1. The molecule has 0 N–H and O–H groups in total. The second-order valence-electron chi connectivity index (χ2n) is 4.56. The zero-order valence-corrected chi connectivity index (χ0v) is 12.7. The van der Waals surface area contributed by atoms with E-state index in [0.29, 0.717) is 25.5 Å². The van der Waals surface area contributed by atoms with E-state index in [9.17, 15) is 4.79 Å². The highest BCUT2D eigenvalue weighted by Gasteiger charge is 2.07. The van der Waals surface area contributed by atoms with Crippen LogP contribution in [0, 0.1) is 0 Å². The van der Waals surface area contributed by atoms with E-state index in [-0.39, 0.29) is 5.91 Å². The lowest BCUT2D eigenvalue weighted by Crippen LogP contribution is -2.28. The molecule has 0 aliphatic heterocycles. The predicted octanol–water partition coefficient (Wildman–Crippen LogP) is 3.27. The molecule has 4 heteroatoms. The van der Waals surface area contributed by atoms with Crippen LogP contribution in [0.3, 0.4) is 0 Å². The summed E-state index contributed by atoms with van der Waals surface area (Å²) in [6.07, 6.45) is 3.85. The van der Waals surface area contributed by atoms with Crippen LogP contribution < -0.4 is 4.74 Å². The summed E-state index contributed by atoms with van der Waals surface area (Å²) < 4.78 is 5.77. The second kappa shape index (κ2) is 9.43. The van der Waals surface area contributed by atoms with Crippen molar-refractivity contribution in [1.82, 2.24) is 4.90 Å². The quantitative estimate of drug-likeness (QED) is 0.397. The Kier molecular flexibility index (Phi) is 7.81. The molecule has 0 bridgehead atoms. The predicted molar refractivity (Wildman–Crippen MR) is 83.4 cm³/mol. The van der Waals surface area contributed by atoms with Crippen LogP contribution in [0.25, 0.3) is 0 Å². The highest BCUT2D eigenvalue weighted by molar-refractivity contribution is 6.18. The summed E-state index contributed by atoms with van der Waals surface area (Å²) in [7, 11) is 1.79. The fourth-order valence-electron chi connectivity index (χ4n) is 1.85. The van der Waals surface area contributed by atoms with Crippen LogP contribution in [-0.2, 0) is 11.2 Å². The van der Waals surface area contributed by atoms with Crippen molar-refractivity contribution in [3.8, 4) is 5.75 Å². The summed E-state index contributed by atoms with van der Waals surface area (Å²) in [5.74, 6) is 1.34. The Morgan fingerprint density at radius 2 is 2.20 bits per heavy atom. The van der Waals surface area contributed by atoms with Gasteiger partial charge in [-0.2, -0.15) is 0 Å². The van der Waals surface area contributed by atoms with Gasteiger partial charge >= 0.3 is 0 Å². The minimum Gasteiger partial charge on any atom is -0.493 e. The maximum Gasteiger partial charge on any atom is 0.223 e. The van der Waals surface area contributed by atoms with Gasteiger partial charge in [-0.1, -0.05) is 24.3 Å². The lowest BCUT2D eigenvalue weighted by atomic mass is 10.1. The van der Waals surface area contributed by atoms with Gasteiger partial charge in [-0.05, 0) is 24.5 Å². The summed E-state index contributed by atoms with van der Waals surface area (Å²) in [5, 5.41) is 0. The number of amides is 1. The zero-order chi connectivity index (χ0) is 14.8. The van der Waals surface area contributed by atoms with Crippen molar-refractivity contribution in [3.05, 3.63) is 42.5 Å². The summed E-state index contributed by atoms with van der Waals surface area (Å²) in [4.78, 5) is 13.2. The highest BCUT2D eigenvalue weighted by atomic mass is 35.5. The number of allylic oxidation sites excluding steroid dienone is 1. The van der Waals surface area contributed by atoms with Crippen molar-refractivity contribution in [1.29, 1.82) is 0 Å². The Bertz CT molecular complexity index is 434. The first-order chi connectivity index (χ1) is 9.69. The number of alkyl halides is 1. The SMILES string of the molecule is C=CCc1ccccc1OCCCN(C)C(=O)CCCl. The van der Waals surface area contributed by atoms with Crippen LogP contribution in [-0.4, -0.2) is 36.9 Å². The maximum absolute atomic E-state index is 11.5. The molecule has 1 rings (SSSR count). The first-order valence-electron chi connectivity index (χ1n) is 6.80. The van der Waals surface area contributed by atoms with E-state index in [1.54, 1.807) is 11.9 Å². The van der Waals surface area contributed by atoms with Gasteiger partial charge in [0, 0.05) is 25.9 Å². The Labute approximate surface area is 126 Å². The molecule has 0 unspecified atom stereocenters. The monoisotopic (exact) mass is 295 g/mol. The largest absolute Gasteiger partial charge is 0.493 e. The molecule has 0 atom stereocenters. The number of ether oxygens (including phenoxy) is 1. The Morgan fingerprint density at radius 3 is 2.90 bits per heavy atom. The number of para-hydroxylation sites is 1. The van der Waals surface area contributed by atoms with Gasteiger partial charge < -0.3 is 9.64 Å². The van der Waals surface area contributed by atoms with Crippen LogP contribution in [0.1, 0.15) is 18.4 Å². The number of hydrogen-bond acceptors (Lipinski definition) is 2. The van der Waals surface area contributed by atoms with E-state index in [0.717, 1.165) is 24.2 Å². The molecular weight excluding hydrogens is 274 g/mol. The standard InChI is InChI=1S/C16H22ClNO2/c1-3-7-14-8-4-5-9-15(14)20-13-6-12-18(2)16(19)10-11-17/h3-5,8-9H,1,6-7,10-13H2,2H3. The number of rotatable bonds is 9. The third-order valence-electron chi connectivity index (χ3n) is 2.97. The Balaban J connectivity index is 2.34. The van der Waals surface area contributed by atoms with Gasteiger partial charge in [-0.25, -0.2) is 0 Å². The summed E-state index contributed by atoms with van der Waals surface area (Å²) >= 11 is 5.55. The Hall–Kier alpha value is -1.48. The zero-order valence-electron chi connectivity index (χ0n) is 12.0. The first-order valence-corrected chi connectivity index (χ1v) is 7.34. The molecule has 0 radical (unpaired) electrons. The van der Waals surface area contributed by atoms with Crippen LogP contribution >= 0.6 is 11.6 Å². The molecular formula is C16H22ClNO2. The molecule has 0 aliphatic rings. The number of halogens is 1. The van der Waals surface area contributed by atoms with Gasteiger partial charge in [0.2, 0.25) is 5.91 Å². The van der Waals surface area contributed by atoms with Crippen molar-refractivity contribution in [3.63, 3.8) is 0 Å². The Morgan fingerprint density at radius 1 is 1.45 bits per heavy atom. The lowest BCUT2D eigenvalue weighted by Gasteiger charge is -2.17. The maximum atomic E-state index is 11.5. The van der Waals surface area contributed by atoms with Crippen LogP contribution in [0.2, 0.25) is 0 Å². The van der Waals surface area contributed by atoms with E-state index < -0.39 is 0 Å². The minimum atomic E-state index is 0.0760. The topological polar surface area (TPSA) is 29.5 Å². The highest BCUT2D eigenvalue weighted by Crippen LogP contribution is 2.18. The molecule has 0 fully saturated rings. The average molecular weight is 296 g/mol. The molecule has 0 saturated heterocycles. The molecule has 1 aromatic carbocycles. The van der Waals surface area contributed by atoms with E-state index in [2.05, 4.69) is 6.58 Å². The summed E-state index contributed by atoms with van der Waals surface area (Å²) in [6.45, 7) is 5.01. The van der Waals surface area contributed by atoms with Gasteiger partial charge in [0.05, 0.1) is 6.61 Å². The van der Waals surface area contributed by atoms with Crippen molar-refractivity contribution >= 4 is 17.5 Å². The lowest BCUT2D eigenvalue weighted by molar-refractivity contribution is -0.129. The number of benzene rings is 1. The van der Waals surface area contributed by atoms with Gasteiger partial charge in [0.25, 0.3) is 0 Å². The van der Waals surface area contributed by atoms with Crippen molar-refractivity contribution in [2.24, 2.45) is 0 Å². The third kappa shape index (κ3) is 5.66. The third-order valence-corrected chi connectivity index (χ3v) is 3.16. The molecule has 0 heterocycles. The van der Waals surface area contributed by atoms with Gasteiger partial charge in [-0.3, -0.25) is 4.79 Å². The van der Waals surface area contributed by atoms with Crippen LogP contribution in [0.15, 0.2) is 36.9 Å². The molecule has 20 heavy (non-hydrogen) atoms. The normalized spacial score (nSPS) is 10.1. The smallest absolute Gasteiger partial charge is 0.223 e. The van der Waals surface area contributed by atoms with Crippen LogP contribution in [0.5, 0.6) is 5.75 Å². The first kappa shape index (κ1) is 16.6. The second-order valence-corrected chi connectivity index (χ2v) is 4.93. The minimum absolute atomic E-state index is 0.0760. The molecule has 1 amide bonds. The summed E-state index contributed by atoms with van der Waals surface area (Å²) in [5.41, 5.74) is 1.13. The number of carbonyl (C=O) groups is 1. The molecule has 0 spiro atoms. The average Bonchev–Trinajstić information content (AvgIpc) is 2.45. The van der Waals surface area contributed by atoms with Crippen molar-refractivity contribution < 1.29 is 9.53 Å². The van der Waals surface area contributed by atoms with Gasteiger partial charge in [0.15, 0.2) is 0 Å². The fraction of sp³-hybridized carbons (Fsp3) is 0.438. The van der Waals surface area contributed by atoms with Crippen molar-refractivity contribution in [2.75, 3.05) is 26.1 Å². The molecule has 0 saturated carbocycles. The molecule has 0 aromatic heterocycles. The van der Waals surface area contributed by atoms with E-state index in [4.69, 9.17) is 16.3 Å². The molecule has 1 aromatic rings. The molecule has 3 nitrogen and oxygen atoms in total. The van der Waals surface area contributed by atoms with Crippen LogP contribution in [0.4, 0.5) is 0 Å². The van der Waals surface area contributed by atoms with Crippen molar-refractivity contribution in [2.45, 2.75) is 19.3 Å². The molecule has 0 aliphatic carbocycles. The van der Waals surface area contributed by atoms with E-state index in [1.807, 2.05) is 30.3 Å². The molecule has 110 valence electrons. The van der Waals surface area contributed by atoms with E-state index >= 15 is 0 Å². The fourth-order valence-corrected chi connectivity index (χ4v) is 2.01. The van der Waals surface area contributed by atoms with Gasteiger partial charge in [0.1, 0.15) is 5.75 Å².